The summed E-state index contributed by atoms with van der Waals surface area (Å²) in [5.74, 6) is 0.560. The van der Waals surface area contributed by atoms with Gasteiger partial charge in [-0.15, -0.1) is 0 Å². The average molecular weight is 409 g/mol. The van der Waals surface area contributed by atoms with E-state index in [0.717, 1.165) is 12.8 Å². The summed E-state index contributed by atoms with van der Waals surface area (Å²) >= 11 is 0. The van der Waals surface area contributed by atoms with Crippen LogP contribution in [0.5, 0.6) is 0 Å². The molecule has 1 N–H and O–H groups in total. The number of ether oxygens (including phenoxy) is 1. The maximum Gasteiger partial charge on any atom is 0.279 e. The van der Waals surface area contributed by atoms with Crippen molar-refractivity contribution in [1.82, 2.24) is 24.2 Å². The summed E-state index contributed by atoms with van der Waals surface area (Å²) in [6, 6.07) is 0.798. The smallest absolute Gasteiger partial charge is 0.279 e. The van der Waals surface area contributed by atoms with Crippen LogP contribution in [0, 0.1) is 6.92 Å². The first kappa shape index (κ1) is 21.4. The van der Waals surface area contributed by atoms with Crippen LogP contribution >= 0.6 is 8.30 Å². The number of nitrogens with zero attached hydrogens (tertiary/aromatic N) is 4. The zero-order valence-electron chi connectivity index (χ0n) is 17.8. The van der Waals surface area contributed by atoms with Crippen molar-refractivity contribution in [3.05, 3.63) is 22.5 Å². The Bertz CT molecular complexity index is 857. The van der Waals surface area contributed by atoms with Crippen molar-refractivity contribution in [3.63, 3.8) is 0 Å². The molecule has 1 aliphatic rings. The van der Waals surface area contributed by atoms with E-state index in [0.29, 0.717) is 29.1 Å². The molecule has 28 heavy (non-hydrogen) atoms. The van der Waals surface area contributed by atoms with Gasteiger partial charge in [-0.05, 0) is 47.7 Å². The van der Waals surface area contributed by atoms with Gasteiger partial charge in [0, 0.05) is 18.5 Å². The molecule has 0 amide bonds. The second-order valence-corrected chi connectivity index (χ2v) is 9.54. The molecule has 156 valence electrons. The molecule has 1 saturated heterocycles. The molecule has 0 aliphatic carbocycles. The fourth-order valence-electron chi connectivity index (χ4n) is 4.04. The van der Waals surface area contributed by atoms with Gasteiger partial charge in [0.05, 0.1) is 12.4 Å². The first-order valence-corrected chi connectivity index (χ1v) is 11.7. The van der Waals surface area contributed by atoms with E-state index in [1.807, 2.05) is 4.57 Å². The quantitative estimate of drug-likeness (QED) is 0.704. The molecule has 0 aromatic carbocycles. The molecule has 9 heteroatoms. The number of nitrogens with one attached hydrogen (secondary N) is 1. The monoisotopic (exact) mass is 409 g/mol. The fourth-order valence-corrected chi connectivity index (χ4v) is 6.03. The van der Waals surface area contributed by atoms with Gasteiger partial charge < -0.3 is 14.2 Å². The number of fused-ring (bicyclic) bond motifs is 1. The third-order valence-electron chi connectivity index (χ3n) is 5.10. The van der Waals surface area contributed by atoms with Crippen molar-refractivity contribution in [3.8, 4) is 0 Å². The van der Waals surface area contributed by atoms with Gasteiger partial charge >= 0.3 is 0 Å². The first-order chi connectivity index (χ1) is 13.2. The Labute approximate surface area is 167 Å². The molecular formula is C19H32N5O3P. The van der Waals surface area contributed by atoms with Crippen molar-refractivity contribution in [2.24, 2.45) is 0 Å². The van der Waals surface area contributed by atoms with Crippen molar-refractivity contribution < 1.29 is 9.26 Å². The number of hydrogen-bond acceptors (Lipinski definition) is 6. The molecule has 0 spiro atoms. The van der Waals surface area contributed by atoms with E-state index in [4.69, 9.17) is 9.26 Å². The third kappa shape index (κ3) is 4.15. The zero-order valence-corrected chi connectivity index (χ0v) is 18.7. The number of H-pyrrole nitrogens is 1. The molecule has 3 heterocycles. The van der Waals surface area contributed by atoms with Crippen LogP contribution < -0.4 is 5.56 Å². The highest BCUT2D eigenvalue weighted by molar-refractivity contribution is 7.49. The molecule has 2 aromatic rings. The number of hydrogen-bond donors (Lipinski definition) is 1. The van der Waals surface area contributed by atoms with E-state index in [1.54, 1.807) is 13.3 Å². The average Bonchev–Trinajstić information content (AvgIpc) is 3.17. The highest BCUT2D eigenvalue weighted by Gasteiger charge is 2.39. The minimum absolute atomic E-state index is 0.111. The maximum atomic E-state index is 12.2. The molecule has 0 radical (unpaired) electrons. The molecular weight excluding hydrogens is 377 g/mol. The second kappa shape index (κ2) is 8.57. The van der Waals surface area contributed by atoms with Gasteiger partial charge in [0.2, 0.25) is 0 Å². The Morgan fingerprint density at radius 1 is 1.39 bits per heavy atom. The van der Waals surface area contributed by atoms with Crippen LogP contribution in [0.25, 0.3) is 11.2 Å². The van der Waals surface area contributed by atoms with Crippen LogP contribution in [-0.2, 0) is 9.26 Å². The minimum Gasteiger partial charge on any atom is -0.352 e. The summed E-state index contributed by atoms with van der Waals surface area (Å²) in [4.78, 5) is 23.7. The lowest BCUT2D eigenvalue weighted by atomic mass is 10.1. The molecule has 8 nitrogen and oxygen atoms in total. The second-order valence-electron chi connectivity index (χ2n) is 7.94. The topological polar surface area (TPSA) is 85.3 Å². The lowest BCUT2D eigenvalue weighted by Gasteiger charge is -2.37. The summed E-state index contributed by atoms with van der Waals surface area (Å²) in [5, 5.41) is 0. The molecule has 1 aliphatic heterocycles. The van der Waals surface area contributed by atoms with E-state index in [1.165, 1.54) is 0 Å². The predicted molar refractivity (Wildman–Crippen MR) is 112 cm³/mol. The maximum absolute atomic E-state index is 12.2. The summed E-state index contributed by atoms with van der Waals surface area (Å²) in [6.07, 6.45) is 3.04. The summed E-state index contributed by atoms with van der Waals surface area (Å²) < 4.78 is 17.1. The lowest BCUT2D eigenvalue weighted by Crippen LogP contribution is -2.34. The normalized spacial score (nSPS) is 24.1. The molecule has 1 fully saturated rings. The molecule has 2 aromatic heterocycles. The summed E-state index contributed by atoms with van der Waals surface area (Å²) in [6.45, 7) is 14.8. The Morgan fingerprint density at radius 2 is 2.07 bits per heavy atom. The number of aryl methyl sites for hydroxylation is 1. The van der Waals surface area contributed by atoms with Gasteiger partial charge in [0.25, 0.3) is 5.56 Å². The van der Waals surface area contributed by atoms with Crippen molar-refractivity contribution >= 4 is 19.5 Å². The van der Waals surface area contributed by atoms with Crippen LogP contribution in [-0.4, -0.2) is 55.1 Å². The zero-order chi connectivity index (χ0) is 20.6. The Balaban J connectivity index is 1.92. The molecule has 2 unspecified atom stereocenters. The summed E-state index contributed by atoms with van der Waals surface area (Å²) in [7, 11) is -0.785. The van der Waals surface area contributed by atoms with Crippen LogP contribution in [0.15, 0.2) is 11.1 Å². The standard InChI is InChI=1S/C19H32N5O3P/c1-8-14-9-15(27-28(7)24(11(2)3)12(4)5)19(26-14)23-10-20-16-17(23)21-13(6)22-18(16)25/h10-12,14-15,19H,8-9H2,1-7H3,(H,21,22,25)/t14-,15?,19-,28?/m1/s1. The number of rotatable bonds is 7. The fraction of sp³-hybridized carbons (Fsp3) is 0.737. The van der Waals surface area contributed by atoms with E-state index in [2.05, 4.69) is 60.9 Å². The van der Waals surface area contributed by atoms with Gasteiger partial charge in [-0.1, -0.05) is 6.92 Å². The first-order valence-electron chi connectivity index (χ1n) is 10.0. The number of aromatic nitrogens is 4. The van der Waals surface area contributed by atoms with Gasteiger partial charge in [0.15, 0.2) is 17.4 Å². The van der Waals surface area contributed by atoms with Crippen molar-refractivity contribution in [2.75, 3.05) is 6.66 Å². The largest absolute Gasteiger partial charge is 0.352 e. The van der Waals surface area contributed by atoms with Crippen molar-refractivity contribution in [1.29, 1.82) is 0 Å². The minimum atomic E-state index is -0.785. The van der Waals surface area contributed by atoms with Gasteiger partial charge in [-0.2, -0.15) is 0 Å². The molecule has 3 rings (SSSR count). The predicted octanol–water partition coefficient (Wildman–Crippen LogP) is 3.57. The lowest BCUT2D eigenvalue weighted by molar-refractivity contribution is -0.0285. The highest BCUT2D eigenvalue weighted by atomic mass is 31.2. The van der Waals surface area contributed by atoms with E-state index in [9.17, 15) is 4.79 Å². The Kier molecular flexibility index (Phi) is 6.54. The van der Waals surface area contributed by atoms with Gasteiger partial charge in [-0.3, -0.25) is 14.0 Å². The van der Waals surface area contributed by atoms with Crippen LogP contribution in [0.4, 0.5) is 0 Å². The molecule has 0 bridgehead atoms. The van der Waals surface area contributed by atoms with Crippen molar-refractivity contribution in [2.45, 2.75) is 84.9 Å². The van der Waals surface area contributed by atoms with E-state index >= 15 is 0 Å². The SMILES string of the molecule is CC[C@@H]1CC(OP(C)N(C(C)C)C(C)C)[C@H](n2cnc3c(=O)[nH]c(C)nc32)O1. The van der Waals surface area contributed by atoms with Crippen LogP contribution in [0.2, 0.25) is 0 Å². The van der Waals surface area contributed by atoms with Gasteiger partial charge in [-0.25, -0.2) is 9.97 Å². The number of imidazole rings is 1. The Morgan fingerprint density at radius 3 is 2.68 bits per heavy atom. The molecule has 0 saturated carbocycles. The van der Waals surface area contributed by atoms with E-state index < -0.39 is 8.30 Å². The highest BCUT2D eigenvalue weighted by Crippen LogP contribution is 2.47. The molecule has 4 atom stereocenters. The summed E-state index contributed by atoms with van der Waals surface area (Å²) in [5.41, 5.74) is 0.645. The number of aromatic amines is 1. The Hall–Kier alpha value is -1.34. The van der Waals surface area contributed by atoms with E-state index in [-0.39, 0.29) is 24.0 Å². The third-order valence-corrected chi connectivity index (χ3v) is 7.25. The van der Waals surface area contributed by atoms with Crippen LogP contribution in [0.3, 0.4) is 0 Å². The van der Waals surface area contributed by atoms with Gasteiger partial charge in [0.1, 0.15) is 20.2 Å². The van der Waals surface area contributed by atoms with Crippen LogP contribution in [0.1, 0.15) is 59.5 Å².